The second-order valence-corrected chi connectivity index (χ2v) is 6.79. The molecule has 0 amide bonds. The molecule has 1 unspecified atom stereocenters. The third kappa shape index (κ3) is 4.35. The van der Waals surface area contributed by atoms with Crippen molar-refractivity contribution in [3.8, 4) is 11.5 Å². The highest BCUT2D eigenvalue weighted by Gasteiger charge is 2.22. The molecule has 2 aromatic carbocycles. The Kier molecular flexibility index (Phi) is 5.18. The Bertz CT molecular complexity index is 936. The molecular weight excluding hydrogens is 366 g/mol. The maximum Gasteiger partial charge on any atom is 0.247 e. The highest BCUT2D eigenvalue weighted by atomic mass is 35.5. The van der Waals surface area contributed by atoms with E-state index in [0.29, 0.717) is 29.8 Å². The Balaban J connectivity index is 1.26. The summed E-state index contributed by atoms with van der Waals surface area (Å²) in [6, 6.07) is 15.5. The predicted octanol–water partition coefficient (Wildman–Crippen LogP) is 4.41. The van der Waals surface area contributed by atoms with E-state index in [2.05, 4.69) is 46.5 Å². The lowest BCUT2D eigenvalue weighted by molar-refractivity contribution is -0.00814. The molecule has 6 nitrogen and oxygen atoms in total. The molecule has 0 fully saturated rings. The van der Waals surface area contributed by atoms with E-state index < -0.39 is 0 Å². The number of hydrogen-bond donors (Lipinski definition) is 0. The number of ether oxygens (including phenoxy) is 1. The van der Waals surface area contributed by atoms with Crippen molar-refractivity contribution in [3.05, 3.63) is 70.6 Å². The van der Waals surface area contributed by atoms with Gasteiger partial charge in [0.2, 0.25) is 11.8 Å². The lowest BCUT2D eigenvalue weighted by atomic mass is 10.0. The number of oxime groups is 1. The number of aryl methyl sites for hydroxylation is 1. The van der Waals surface area contributed by atoms with Crippen LogP contribution in [0.25, 0.3) is 11.5 Å². The summed E-state index contributed by atoms with van der Waals surface area (Å²) in [6.07, 6.45) is 0.600. The summed E-state index contributed by atoms with van der Waals surface area (Å²) < 4.78 is 11.3. The fourth-order valence-corrected chi connectivity index (χ4v) is 2.86. The van der Waals surface area contributed by atoms with Gasteiger partial charge in [-0.25, -0.2) is 0 Å². The van der Waals surface area contributed by atoms with Crippen LogP contribution in [0.1, 0.15) is 23.4 Å². The molecule has 0 bridgehead atoms. The van der Waals surface area contributed by atoms with Crippen molar-refractivity contribution in [2.75, 3.05) is 6.61 Å². The van der Waals surface area contributed by atoms with Gasteiger partial charge in [0.25, 0.3) is 0 Å². The van der Waals surface area contributed by atoms with Crippen LogP contribution in [0.15, 0.2) is 58.1 Å². The molecule has 0 radical (unpaired) electrons. The largest absolute Gasteiger partial charge is 0.418 e. The van der Waals surface area contributed by atoms with E-state index in [9.17, 15) is 0 Å². The second kappa shape index (κ2) is 7.90. The van der Waals surface area contributed by atoms with E-state index in [1.165, 1.54) is 5.56 Å². The number of rotatable bonds is 6. The molecule has 1 aliphatic heterocycles. The SMILES string of the molecule is Cc1ccc(C2=NOC(COCc3nnc(-c4ccc(Cl)cc4)o3)C2)cc1. The van der Waals surface area contributed by atoms with E-state index in [-0.39, 0.29) is 12.7 Å². The van der Waals surface area contributed by atoms with Gasteiger partial charge >= 0.3 is 0 Å². The van der Waals surface area contributed by atoms with Gasteiger partial charge in [-0.05, 0) is 36.8 Å². The minimum atomic E-state index is -0.111. The lowest BCUT2D eigenvalue weighted by Gasteiger charge is -2.07. The second-order valence-electron chi connectivity index (χ2n) is 6.36. The molecule has 3 aromatic rings. The normalized spacial score (nSPS) is 16.2. The molecule has 1 aromatic heterocycles. The van der Waals surface area contributed by atoms with E-state index in [1.54, 1.807) is 12.1 Å². The quantitative estimate of drug-likeness (QED) is 0.630. The van der Waals surface area contributed by atoms with Gasteiger partial charge in [-0.1, -0.05) is 46.6 Å². The van der Waals surface area contributed by atoms with Gasteiger partial charge in [-0.15, -0.1) is 10.2 Å². The first-order chi connectivity index (χ1) is 13.2. The number of halogens is 1. The Morgan fingerprint density at radius 3 is 2.56 bits per heavy atom. The molecular formula is C20H18ClN3O3. The summed E-state index contributed by atoms with van der Waals surface area (Å²) in [6.45, 7) is 2.68. The average Bonchev–Trinajstić information content (AvgIpc) is 3.33. The molecule has 27 heavy (non-hydrogen) atoms. The Morgan fingerprint density at radius 2 is 1.78 bits per heavy atom. The standard InChI is InChI=1S/C20H18ClN3O3/c1-13-2-4-14(5-3-13)18-10-17(27-24-18)11-25-12-19-22-23-20(26-19)15-6-8-16(21)9-7-15/h2-9,17H,10-12H2,1H3. The van der Waals surface area contributed by atoms with Gasteiger partial charge in [0.1, 0.15) is 6.61 Å². The Hall–Kier alpha value is -2.70. The molecule has 1 atom stereocenters. The van der Waals surface area contributed by atoms with Gasteiger partial charge in [-0.3, -0.25) is 0 Å². The van der Waals surface area contributed by atoms with Crippen molar-refractivity contribution < 1.29 is 14.0 Å². The minimum absolute atomic E-state index is 0.111. The first-order valence-electron chi connectivity index (χ1n) is 8.63. The van der Waals surface area contributed by atoms with Crippen molar-refractivity contribution in [3.63, 3.8) is 0 Å². The maximum atomic E-state index is 5.88. The van der Waals surface area contributed by atoms with Gasteiger partial charge in [0, 0.05) is 17.0 Å². The molecule has 0 saturated heterocycles. The Labute approximate surface area is 161 Å². The number of aromatic nitrogens is 2. The van der Waals surface area contributed by atoms with Crippen LogP contribution >= 0.6 is 11.6 Å². The van der Waals surface area contributed by atoms with Crippen LogP contribution in [0.4, 0.5) is 0 Å². The van der Waals surface area contributed by atoms with Crippen LogP contribution in [-0.4, -0.2) is 28.6 Å². The molecule has 2 heterocycles. The van der Waals surface area contributed by atoms with Gasteiger partial charge < -0.3 is 14.0 Å². The van der Waals surface area contributed by atoms with E-state index >= 15 is 0 Å². The Morgan fingerprint density at radius 1 is 1.04 bits per heavy atom. The zero-order chi connectivity index (χ0) is 18.6. The van der Waals surface area contributed by atoms with Gasteiger partial charge in [0.15, 0.2) is 6.10 Å². The molecule has 4 rings (SSSR count). The lowest BCUT2D eigenvalue weighted by Crippen LogP contribution is -2.16. The summed E-state index contributed by atoms with van der Waals surface area (Å²) >= 11 is 5.88. The van der Waals surface area contributed by atoms with E-state index in [1.807, 2.05) is 12.1 Å². The van der Waals surface area contributed by atoms with Crippen LogP contribution < -0.4 is 0 Å². The van der Waals surface area contributed by atoms with E-state index in [0.717, 1.165) is 16.8 Å². The van der Waals surface area contributed by atoms with Gasteiger partial charge in [-0.2, -0.15) is 0 Å². The zero-order valence-electron chi connectivity index (χ0n) is 14.8. The van der Waals surface area contributed by atoms with Crippen LogP contribution in [0.2, 0.25) is 5.02 Å². The fraction of sp³-hybridized carbons (Fsp3) is 0.250. The maximum absolute atomic E-state index is 5.88. The first-order valence-corrected chi connectivity index (χ1v) is 9.01. The van der Waals surface area contributed by atoms with Crippen LogP contribution in [0.3, 0.4) is 0 Å². The fourth-order valence-electron chi connectivity index (χ4n) is 2.73. The smallest absolute Gasteiger partial charge is 0.247 e. The summed E-state index contributed by atoms with van der Waals surface area (Å²) in [5.74, 6) is 0.852. The van der Waals surface area contributed by atoms with Gasteiger partial charge in [0.05, 0.1) is 12.3 Å². The molecule has 0 spiro atoms. The molecule has 7 heteroatoms. The number of hydrogen-bond acceptors (Lipinski definition) is 6. The molecule has 0 saturated carbocycles. The van der Waals surface area contributed by atoms with E-state index in [4.69, 9.17) is 25.6 Å². The number of benzene rings is 2. The first kappa shape index (κ1) is 17.7. The summed E-state index contributed by atoms with van der Waals surface area (Å²) in [7, 11) is 0. The summed E-state index contributed by atoms with van der Waals surface area (Å²) in [4.78, 5) is 5.46. The summed E-state index contributed by atoms with van der Waals surface area (Å²) in [5.41, 5.74) is 4.04. The predicted molar refractivity (Wildman–Crippen MR) is 102 cm³/mol. The van der Waals surface area contributed by atoms with Crippen molar-refractivity contribution >= 4 is 17.3 Å². The molecule has 1 aliphatic rings. The third-order valence-corrected chi connectivity index (χ3v) is 4.46. The zero-order valence-corrected chi connectivity index (χ0v) is 15.5. The monoisotopic (exact) mass is 383 g/mol. The third-order valence-electron chi connectivity index (χ3n) is 4.21. The van der Waals surface area contributed by atoms with Crippen molar-refractivity contribution in [1.29, 1.82) is 0 Å². The van der Waals surface area contributed by atoms with Crippen LogP contribution in [-0.2, 0) is 16.2 Å². The highest BCUT2D eigenvalue weighted by molar-refractivity contribution is 6.30. The summed E-state index contributed by atoms with van der Waals surface area (Å²) in [5, 5.41) is 12.9. The number of nitrogens with zero attached hydrogens (tertiary/aromatic N) is 3. The highest BCUT2D eigenvalue weighted by Crippen LogP contribution is 2.21. The van der Waals surface area contributed by atoms with Crippen molar-refractivity contribution in [2.45, 2.75) is 26.1 Å². The van der Waals surface area contributed by atoms with Crippen LogP contribution in [0, 0.1) is 6.92 Å². The van der Waals surface area contributed by atoms with Crippen LogP contribution in [0.5, 0.6) is 0 Å². The average molecular weight is 384 g/mol. The molecule has 138 valence electrons. The van der Waals surface area contributed by atoms with Crippen molar-refractivity contribution in [2.24, 2.45) is 5.16 Å². The molecule has 0 aliphatic carbocycles. The topological polar surface area (TPSA) is 69.7 Å². The molecule has 0 N–H and O–H groups in total. The minimum Gasteiger partial charge on any atom is -0.418 e. The van der Waals surface area contributed by atoms with Crippen molar-refractivity contribution in [1.82, 2.24) is 10.2 Å².